The molecule has 0 saturated carbocycles. The number of nitrogens with one attached hydrogen (secondary N) is 1. The highest BCUT2D eigenvalue weighted by Crippen LogP contribution is 2.20. The van der Waals surface area contributed by atoms with E-state index >= 15 is 0 Å². The molecule has 0 atom stereocenters. The molecule has 0 aliphatic carbocycles. The van der Waals surface area contributed by atoms with Crippen molar-refractivity contribution in [1.29, 1.82) is 0 Å². The van der Waals surface area contributed by atoms with Gasteiger partial charge in [-0.15, -0.1) is 0 Å². The van der Waals surface area contributed by atoms with Crippen molar-refractivity contribution in [2.24, 2.45) is 5.10 Å². The zero-order valence-electron chi connectivity index (χ0n) is 10.8. The lowest BCUT2D eigenvalue weighted by Crippen LogP contribution is -1.97. The molecule has 2 aromatic carbocycles. The molecule has 0 aliphatic heterocycles. The third kappa shape index (κ3) is 3.29. The summed E-state index contributed by atoms with van der Waals surface area (Å²) in [5.74, 6) is 0.417. The zero-order valence-corrected chi connectivity index (χ0v) is 12.3. The van der Waals surface area contributed by atoms with Crippen LogP contribution in [0.2, 0.25) is 10.2 Å². The summed E-state index contributed by atoms with van der Waals surface area (Å²) in [4.78, 5) is 8.64. The van der Waals surface area contributed by atoms with E-state index in [-0.39, 0.29) is 5.15 Å². The quantitative estimate of drug-likeness (QED) is 0.576. The van der Waals surface area contributed by atoms with Crippen LogP contribution < -0.4 is 5.43 Å². The van der Waals surface area contributed by atoms with E-state index in [1.54, 1.807) is 18.3 Å². The van der Waals surface area contributed by atoms with Crippen molar-refractivity contribution in [1.82, 2.24) is 9.97 Å². The first kappa shape index (κ1) is 13.8. The van der Waals surface area contributed by atoms with Gasteiger partial charge in [-0.3, -0.25) is 5.43 Å². The maximum Gasteiger partial charge on any atom is 0.185 e. The standard InChI is InChI=1S/C15H10Cl2N4/c16-11-7-5-10(6-8-11)9-18-21-15-14(17)19-12-3-1-2-4-13(12)20-15/h1-9H,(H,20,21)/b18-9+. The average Bonchev–Trinajstić information content (AvgIpc) is 2.50. The molecule has 0 aliphatic rings. The molecule has 3 aromatic rings. The second-order valence-corrected chi connectivity index (χ2v) is 5.07. The maximum atomic E-state index is 6.08. The Hall–Kier alpha value is -2.17. The van der Waals surface area contributed by atoms with E-state index in [0.717, 1.165) is 16.6 Å². The minimum atomic E-state index is 0.280. The van der Waals surface area contributed by atoms with E-state index in [1.165, 1.54) is 0 Å². The molecular formula is C15H10Cl2N4. The Morgan fingerprint density at radius 1 is 0.905 bits per heavy atom. The van der Waals surface area contributed by atoms with Crippen LogP contribution in [0.5, 0.6) is 0 Å². The number of benzene rings is 2. The molecule has 6 heteroatoms. The van der Waals surface area contributed by atoms with Crippen LogP contribution in [0.25, 0.3) is 11.0 Å². The van der Waals surface area contributed by atoms with Gasteiger partial charge in [0.05, 0.1) is 17.2 Å². The SMILES string of the molecule is Clc1ccc(/C=N/Nc2nc3ccccc3nc2Cl)cc1. The van der Waals surface area contributed by atoms with E-state index < -0.39 is 0 Å². The number of para-hydroxylation sites is 2. The van der Waals surface area contributed by atoms with Gasteiger partial charge in [-0.1, -0.05) is 47.5 Å². The van der Waals surface area contributed by atoms with Crippen LogP contribution in [-0.2, 0) is 0 Å². The van der Waals surface area contributed by atoms with E-state index in [4.69, 9.17) is 23.2 Å². The van der Waals surface area contributed by atoms with Gasteiger partial charge < -0.3 is 0 Å². The van der Waals surface area contributed by atoms with Crippen LogP contribution in [0.1, 0.15) is 5.56 Å². The van der Waals surface area contributed by atoms with Gasteiger partial charge in [0, 0.05) is 5.02 Å². The van der Waals surface area contributed by atoms with E-state index in [2.05, 4.69) is 20.5 Å². The van der Waals surface area contributed by atoms with Crippen LogP contribution in [0.15, 0.2) is 53.6 Å². The molecule has 0 radical (unpaired) electrons. The molecule has 21 heavy (non-hydrogen) atoms. The molecule has 0 spiro atoms. The smallest absolute Gasteiger partial charge is 0.185 e. The first-order chi connectivity index (χ1) is 10.2. The van der Waals surface area contributed by atoms with Crippen LogP contribution >= 0.6 is 23.2 Å². The molecule has 0 bridgehead atoms. The summed E-state index contributed by atoms with van der Waals surface area (Å²) in [6, 6.07) is 14.8. The molecule has 0 saturated heterocycles. The minimum absolute atomic E-state index is 0.280. The summed E-state index contributed by atoms with van der Waals surface area (Å²) in [5.41, 5.74) is 5.21. The Bertz CT molecular complexity index is 800. The largest absolute Gasteiger partial charge is 0.259 e. The van der Waals surface area contributed by atoms with Gasteiger partial charge in [0.1, 0.15) is 0 Å². The fourth-order valence-corrected chi connectivity index (χ4v) is 2.07. The van der Waals surface area contributed by atoms with Crippen LogP contribution in [0.4, 0.5) is 5.82 Å². The Morgan fingerprint density at radius 3 is 2.29 bits per heavy atom. The summed E-state index contributed by atoms with van der Waals surface area (Å²) in [6.45, 7) is 0. The van der Waals surface area contributed by atoms with Crippen molar-refractivity contribution in [2.45, 2.75) is 0 Å². The Labute approximate surface area is 131 Å². The molecule has 1 aromatic heterocycles. The second-order valence-electron chi connectivity index (χ2n) is 4.27. The van der Waals surface area contributed by atoms with Gasteiger partial charge in [-0.2, -0.15) is 5.10 Å². The van der Waals surface area contributed by atoms with Gasteiger partial charge in [0.15, 0.2) is 11.0 Å². The molecule has 4 nitrogen and oxygen atoms in total. The summed E-state index contributed by atoms with van der Waals surface area (Å²) < 4.78 is 0. The highest BCUT2D eigenvalue weighted by atomic mass is 35.5. The number of hydrogen-bond acceptors (Lipinski definition) is 4. The number of hydrazone groups is 1. The van der Waals surface area contributed by atoms with Gasteiger partial charge in [-0.25, -0.2) is 9.97 Å². The third-order valence-corrected chi connectivity index (χ3v) is 3.30. The van der Waals surface area contributed by atoms with Crippen molar-refractivity contribution < 1.29 is 0 Å². The number of hydrogen-bond donors (Lipinski definition) is 1. The van der Waals surface area contributed by atoms with Crippen LogP contribution in [0, 0.1) is 0 Å². The lowest BCUT2D eigenvalue weighted by molar-refractivity contribution is 1.22. The molecular weight excluding hydrogens is 307 g/mol. The predicted octanol–water partition coefficient (Wildman–Crippen LogP) is 4.38. The summed E-state index contributed by atoms with van der Waals surface area (Å²) in [5, 5.41) is 5.07. The maximum absolute atomic E-state index is 6.08. The normalized spacial score (nSPS) is 11.1. The fraction of sp³-hybridized carbons (Fsp3) is 0. The highest BCUT2D eigenvalue weighted by molar-refractivity contribution is 6.32. The first-order valence-electron chi connectivity index (χ1n) is 6.19. The van der Waals surface area contributed by atoms with Crippen molar-refractivity contribution in [3.8, 4) is 0 Å². The second kappa shape index (κ2) is 6.08. The van der Waals surface area contributed by atoms with Gasteiger partial charge >= 0.3 is 0 Å². The summed E-state index contributed by atoms with van der Waals surface area (Å²) in [7, 11) is 0. The topological polar surface area (TPSA) is 50.2 Å². The van der Waals surface area contributed by atoms with Gasteiger partial charge in [0.2, 0.25) is 0 Å². The van der Waals surface area contributed by atoms with Gasteiger partial charge in [-0.05, 0) is 29.8 Å². The molecule has 0 amide bonds. The highest BCUT2D eigenvalue weighted by Gasteiger charge is 2.05. The number of fused-ring (bicyclic) bond motifs is 1. The lowest BCUT2D eigenvalue weighted by Gasteiger charge is -2.03. The number of aromatic nitrogens is 2. The third-order valence-electron chi connectivity index (χ3n) is 2.78. The summed E-state index contributed by atoms with van der Waals surface area (Å²) in [6.07, 6.45) is 1.66. The van der Waals surface area contributed by atoms with E-state index in [1.807, 2.05) is 36.4 Å². The number of nitrogens with zero attached hydrogens (tertiary/aromatic N) is 3. The Morgan fingerprint density at radius 2 is 1.57 bits per heavy atom. The molecule has 0 unspecified atom stereocenters. The molecule has 0 fully saturated rings. The van der Waals surface area contributed by atoms with Crippen molar-refractivity contribution in [3.63, 3.8) is 0 Å². The number of halogens is 2. The zero-order chi connectivity index (χ0) is 14.7. The van der Waals surface area contributed by atoms with Crippen molar-refractivity contribution in [3.05, 3.63) is 64.3 Å². The van der Waals surface area contributed by atoms with Crippen LogP contribution in [0.3, 0.4) is 0 Å². The molecule has 104 valence electrons. The minimum Gasteiger partial charge on any atom is -0.259 e. The van der Waals surface area contributed by atoms with Crippen molar-refractivity contribution in [2.75, 3.05) is 5.43 Å². The molecule has 1 N–H and O–H groups in total. The average molecular weight is 317 g/mol. The summed E-state index contributed by atoms with van der Waals surface area (Å²) >= 11 is 11.9. The fourth-order valence-electron chi connectivity index (χ4n) is 1.77. The Balaban J connectivity index is 1.81. The lowest BCUT2D eigenvalue weighted by atomic mass is 10.2. The molecule has 3 rings (SSSR count). The van der Waals surface area contributed by atoms with E-state index in [9.17, 15) is 0 Å². The van der Waals surface area contributed by atoms with Crippen molar-refractivity contribution >= 4 is 46.3 Å². The van der Waals surface area contributed by atoms with Gasteiger partial charge in [0.25, 0.3) is 0 Å². The molecule has 1 heterocycles. The first-order valence-corrected chi connectivity index (χ1v) is 6.95. The number of anilines is 1. The predicted molar refractivity (Wildman–Crippen MR) is 87.2 cm³/mol. The number of rotatable bonds is 3. The monoisotopic (exact) mass is 316 g/mol. The van der Waals surface area contributed by atoms with Crippen LogP contribution in [-0.4, -0.2) is 16.2 Å². The van der Waals surface area contributed by atoms with E-state index in [0.29, 0.717) is 10.8 Å². The Kier molecular flexibility index (Phi) is 3.99.